The van der Waals surface area contributed by atoms with E-state index in [4.69, 9.17) is 4.74 Å². The number of carbonyl (C=O) groups is 1. The largest absolute Gasteiger partial charge is 0.486 e. The van der Waals surface area contributed by atoms with Crippen molar-refractivity contribution < 1.29 is 9.53 Å². The van der Waals surface area contributed by atoms with Crippen LogP contribution in [0, 0.1) is 0 Å². The molecule has 2 aromatic rings. The predicted octanol–water partition coefficient (Wildman–Crippen LogP) is 1.90. The molecule has 1 fully saturated rings. The van der Waals surface area contributed by atoms with Crippen LogP contribution in [0.4, 0.5) is 0 Å². The number of hydrogen-bond acceptors (Lipinski definition) is 4. The van der Waals surface area contributed by atoms with Crippen LogP contribution in [0.15, 0.2) is 42.7 Å². The van der Waals surface area contributed by atoms with Crippen molar-refractivity contribution in [3.05, 3.63) is 48.3 Å². The molecule has 2 aliphatic heterocycles. The van der Waals surface area contributed by atoms with E-state index in [0.717, 1.165) is 24.2 Å². The highest BCUT2D eigenvalue weighted by Crippen LogP contribution is 2.33. The van der Waals surface area contributed by atoms with Gasteiger partial charge in [-0.3, -0.25) is 9.78 Å². The molecule has 1 amide bonds. The molecule has 2 atom stereocenters. The molecule has 0 unspecified atom stereocenters. The molecule has 1 aromatic carbocycles. The Hall–Kier alpha value is -2.40. The summed E-state index contributed by atoms with van der Waals surface area (Å²) in [6.07, 6.45) is 3.58. The Morgan fingerprint density at radius 1 is 1.17 bits per heavy atom. The number of nitrogens with zero attached hydrogens (tertiary/aromatic N) is 3. The minimum absolute atomic E-state index is 0.0133. The van der Waals surface area contributed by atoms with Gasteiger partial charge < -0.3 is 14.5 Å². The van der Waals surface area contributed by atoms with Gasteiger partial charge in [-0.2, -0.15) is 0 Å². The van der Waals surface area contributed by atoms with Gasteiger partial charge in [-0.25, -0.2) is 0 Å². The lowest BCUT2D eigenvalue weighted by atomic mass is 10.0. The first-order valence-electron chi connectivity index (χ1n) is 7.80. The van der Waals surface area contributed by atoms with Gasteiger partial charge in [-0.05, 0) is 30.8 Å². The molecular formula is C18H19N3O2. The average molecular weight is 309 g/mol. The van der Waals surface area contributed by atoms with E-state index in [2.05, 4.69) is 16.9 Å². The van der Waals surface area contributed by atoms with E-state index < -0.39 is 0 Å². The number of fused-ring (bicyclic) bond motifs is 2. The lowest BCUT2D eigenvalue weighted by Gasteiger charge is -2.25. The summed E-state index contributed by atoms with van der Waals surface area (Å²) in [6.45, 7) is 1.68. The molecule has 0 N–H and O–H groups in total. The predicted molar refractivity (Wildman–Crippen MR) is 87.5 cm³/mol. The highest BCUT2D eigenvalue weighted by Gasteiger charge is 2.41. The number of amides is 1. The van der Waals surface area contributed by atoms with Gasteiger partial charge in [0.15, 0.2) is 0 Å². The second-order valence-electron chi connectivity index (χ2n) is 6.31. The third kappa shape index (κ3) is 2.37. The molecule has 3 heterocycles. The number of ether oxygens (including phenoxy) is 1. The lowest BCUT2D eigenvalue weighted by Crippen LogP contribution is -2.44. The van der Waals surface area contributed by atoms with Crippen LogP contribution in [0.3, 0.4) is 0 Å². The molecule has 0 radical (unpaired) electrons. The van der Waals surface area contributed by atoms with E-state index in [0.29, 0.717) is 11.3 Å². The maximum absolute atomic E-state index is 12.7. The normalized spacial score (nSPS) is 23.9. The molecule has 23 heavy (non-hydrogen) atoms. The summed E-state index contributed by atoms with van der Waals surface area (Å²) in [5.41, 5.74) is 2.67. The third-order valence-electron chi connectivity index (χ3n) is 4.72. The quantitative estimate of drug-likeness (QED) is 0.807. The Kier molecular flexibility index (Phi) is 3.31. The van der Waals surface area contributed by atoms with Gasteiger partial charge in [0.2, 0.25) is 0 Å². The molecule has 0 spiro atoms. The second-order valence-corrected chi connectivity index (χ2v) is 6.31. The first-order chi connectivity index (χ1) is 11.1. The van der Waals surface area contributed by atoms with Crippen LogP contribution in [0.5, 0.6) is 5.75 Å². The van der Waals surface area contributed by atoms with Crippen molar-refractivity contribution in [3.8, 4) is 16.9 Å². The van der Waals surface area contributed by atoms with E-state index in [-0.39, 0.29) is 18.1 Å². The van der Waals surface area contributed by atoms with Gasteiger partial charge in [0.05, 0.1) is 11.6 Å². The van der Waals surface area contributed by atoms with Crippen molar-refractivity contribution in [1.82, 2.24) is 14.8 Å². The van der Waals surface area contributed by atoms with Crippen LogP contribution in [-0.2, 0) is 0 Å². The van der Waals surface area contributed by atoms with E-state index in [1.807, 2.05) is 48.5 Å². The maximum Gasteiger partial charge on any atom is 0.257 e. The van der Waals surface area contributed by atoms with E-state index in [1.165, 1.54) is 0 Å². The Balaban J connectivity index is 1.77. The van der Waals surface area contributed by atoms with Gasteiger partial charge in [-0.1, -0.05) is 12.1 Å². The number of pyridine rings is 1. The molecule has 1 aromatic heterocycles. The number of aromatic nitrogens is 1. The van der Waals surface area contributed by atoms with Crippen molar-refractivity contribution in [2.45, 2.75) is 12.1 Å². The first kappa shape index (κ1) is 14.2. The number of benzene rings is 1. The summed E-state index contributed by atoms with van der Waals surface area (Å²) < 4.78 is 6.23. The smallest absolute Gasteiger partial charge is 0.257 e. The van der Waals surface area contributed by atoms with Crippen molar-refractivity contribution in [2.75, 3.05) is 27.2 Å². The number of carbonyl (C=O) groups excluding carboxylic acids is 1. The summed E-state index contributed by atoms with van der Waals surface area (Å²) in [4.78, 5) is 20.9. The van der Waals surface area contributed by atoms with Crippen LogP contribution in [0.1, 0.15) is 10.4 Å². The zero-order chi connectivity index (χ0) is 16.0. The summed E-state index contributed by atoms with van der Waals surface area (Å²) >= 11 is 0. The van der Waals surface area contributed by atoms with Crippen LogP contribution in [-0.4, -0.2) is 60.0 Å². The molecule has 4 rings (SSSR count). The fraction of sp³-hybridized carbons (Fsp3) is 0.333. The maximum atomic E-state index is 12.7. The zero-order valence-corrected chi connectivity index (χ0v) is 13.3. The minimum Gasteiger partial charge on any atom is -0.486 e. The number of likely N-dealkylation sites (tertiary alicyclic amines) is 1. The number of rotatable bonds is 1. The monoisotopic (exact) mass is 309 g/mol. The van der Waals surface area contributed by atoms with Crippen molar-refractivity contribution in [3.63, 3.8) is 0 Å². The number of likely N-dealkylation sites (N-methyl/N-ethyl adjacent to an activating group) is 2. The Bertz CT molecular complexity index is 747. The van der Waals surface area contributed by atoms with E-state index in [9.17, 15) is 4.79 Å². The minimum atomic E-state index is 0.0133. The molecule has 5 heteroatoms. The van der Waals surface area contributed by atoms with Crippen LogP contribution < -0.4 is 4.74 Å². The molecule has 2 aliphatic rings. The van der Waals surface area contributed by atoms with Crippen molar-refractivity contribution in [2.24, 2.45) is 0 Å². The number of hydrogen-bond donors (Lipinski definition) is 0. The van der Waals surface area contributed by atoms with Gasteiger partial charge in [0.1, 0.15) is 11.9 Å². The summed E-state index contributed by atoms with van der Waals surface area (Å²) in [6, 6.07) is 9.79. The Morgan fingerprint density at radius 2 is 2.04 bits per heavy atom. The lowest BCUT2D eigenvalue weighted by molar-refractivity contribution is 0.0682. The summed E-state index contributed by atoms with van der Waals surface area (Å²) in [7, 11) is 3.93. The topological polar surface area (TPSA) is 45.7 Å². The van der Waals surface area contributed by atoms with Crippen LogP contribution in [0.2, 0.25) is 0 Å². The highest BCUT2D eigenvalue weighted by molar-refractivity contribution is 5.98. The van der Waals surface area contributed by atoms with Crippen LogP contribution in [0.25, 0.3) is 11.1 Å². The molecule has 0 bridgehead atoms. The molecule has 118 valence electrons. The van der Waals surface area contributed by atoms with Gasteiger partial charge in [-0.15, -0.1) is 0 Å². The van der Waals surface area contributed by atoms with Crippen molar-refractivity contribution in [1.29, 1.82) is 0 Å². The van der Waals surface area contributed by atoms with Gasteiger partial charge in [0.25, 0.3) is 5.91 Å². The first-order valence-corrected chi connectivity index (χ1v) is 7.80. The van der Waals surface area contributed by atoms with Crippen molar-refractivity contribution >= 4 is 5.91 Å². The summed E-state index contributed by atoms with van der Waals surface area (Å²) in [5.74, 6) is 0.700. The van der Waals surface area contributed by atoms with E-state index >= 15 is 0 Å². The average Bonchev–Trinajstić information content (AvgIpc) is 2.90. The third-order valence-corrected chi connectivity index (χ3v) is 4.72. The fourth-order valence-electron chi connectivity index (χ4n) is 3.44. The van der Waals surface area contributed by atoms with Crippen LogP contribution >= 0.6 is 0 Å². The van der Waals surface area contributed by atoms with Gasteiger partial charge >= 0.3 is 0 Å². The molecule has 5 nitrogen and oxygen atoms in total. The molecule has 0 saturated carbocycles. The SMILES string of the molecule is CN1C[C@@H]2Oc3cc(-c4cccnc4)ccc3C(=O)N(C)[C@@H]2C1. The Labute approximate surface area is 135 Å². The fourth-order valence-corrected chi connectivity index (χ4v) is 3.44. The zero-order valence-electron chi connectivity index (χ0n) is 13.3. The standard InChI is InChI=1S/C18H19N3O2/c1-20-10-15-17(11-20)23-16-8-12(13-4-3-7-19-9-13)5-6-14(16)18(22)21(15)2/h3-9,15,17H,10-11H2,1-2H3/t15-,17+/m1/s1. The Morgan fingerprint density at radius 3 is 2.83 bits per heavy atom. The molecular weight excluding hydrogens is 290 g/mol. The highest BCUT2D eigenvalue weighted by atomic mass is 16.5. The summed E-state index contributed by atoms with van der Waals surface area (Å²) in [5, 5.41) is 0. The van der Waals surface area contributed by atoms with Gasteiger partial charge in [0, 0.05) is 38.1 Å². The second kappa shape index (κ2) is 5.35. The van der Waals surface area contributed by atoms with E-state index in [1.54, 1.807) is 6.20 Å². The molecule has 0 aliphatic carbocycles. The molecule has 1 saturated heterocycles.